The van der Waals surface area contributed by atoms with Crippen molar-refractivity contribution in [2.75, 3.05) is 6.54 Å². The number of rotatable bonds is 2. The summed E-state index contributed by atoms with van der Waals surface area (Å²) in [7, 11) is 0. The lowest BCUT2D eigenvalue weighted by Gasteiger charge is -2.35. The van der Waals surface area contributed by atoms with Crippen molar-refractivity contribution in [3.63, 3.8) is 0 Å². The van der Waals surface area contributed by atoms with E-state index < -0.39 is 5.41 Å². The summed E-state index contributed by atoms with van der Waals surface area (Å²) in [5, 5.41) is 2.11. The number of thiocarbonyl (C=S) groups is 1. The van der Waals surface area contributed by atoms with Crippen molar-refractivity contribution in [1.29, 1.82) is 0 Å². The van der Waals surface area contributed by atoms with E-state index in [9.17, 15) is 4.79 Å². The Labute approximate surface area is 122 Å². The summed E-state index contributed by atoms with van der Waals surface area (Å²) in [6.07, 6.45) is 4.73. The third-order valence-corrected chi connectivity index (χ3v) is 5.85. The van der Waals surface area contributed by atoms with Crippen LogP contribution in [0.25, 0.3) is 0 Å². The molecule has 0 spiro atoms. The first-order valence-electron chi connectivity index (χ1n) is 6.78. The van der Waals surface area contributed by atoms with E-state index >= 15 is 0 Å². The van der Waals surface area contributed by atoms with E-state index in [4.69, 9.17) is 18.0 Å². The SMILES string of the molecule is NC(=S)C1(C(=O)N2CCc3sccc3C2)CCCC1. The lowest BCUT2D eigenvalue weighted by atomic mass is 9.84. The molecule has 0 radical (unpaired) electrons. The highest BCUT2D eigenvalue weighted by atomic mass is 32.1. The molecule has 0 atom stereocenters. The zero-order valence-electron chi connectivity index (χ0n) is 10.9. The number of fused-ring (bicyclic) bond motifs is 1. The Bertz CT molecular complexity index is 517. The first-order valence-corrected chi connectivity index (χ1v) is 8.07. The van der Waals surface area contributed by atoms with E-state index in [0.717, 1.165) is 45.2 Å². The van der Waals surface area contributed by atoms with Gasteiger partial charge in [0.25, 0.3) is 0 Å². The average molecular weight is 294 g/mol. The van der Waals surface area contributed by atoms with Crippen LogP contribution in [-0.4, -0.2) is 22.3 Å². The van der Waals surface area contributed by atoms with Gasteiger partial charge in [0, 0.05) is 18.0 Å². The lowest BCUT2D eigenvalue weighted by Crippen LogP contribution is -2.50. The van der Waals surface area contributed by atoms with Crippen LogP contribution in [-0.2, 0) is 17.8 Å². The van der Waals surface area contributed by atoms with Crippen molar-refractivity contribution in [3.8, 4) is 0 Å². The molecule has 0 unspecified atom stereocenters. The predicted octanol–water partition coefficient (Wildman–Crippen LogP) is 2.48. The molecule has 0 saturated heterocycles. The van der Waals surface area contributed by atoms with Crippen LogP contribution < -0.4 is 5.73 Å². The molecule has 1 fully saturated rings. The minimum absolute atomic E-state index is 0.161. The summed E-state index contributed by atoms with van der Waals surface area (Å²) in [6.45, 7) is 1.53. The molecule has 1 amide bonds. The van der Waals surface area contributed by atoms with Gasteiger partial charge in [-0.25, -0.2) is 0 Å². The molecule has 1 aromatic rings. The highest BCUT2D eigenvalue weighted by molar-refractivity contribution is 7.80. The molecule has 3 nitrogen and oxygen atoms in total. The van der Waals surface area contributed by atoms with Crippen LogP contribution in [0.3, 0.4) is 0 Å². The van der Waals surface area contributed by atoms with Gasteiger partial charge in [-0.1, -0.05) is 25.1 Å². The summed E-state index contributed by atoms with van der Waals surface area (Å²) in [5.41, 5.74) is 6.64. The van der Waals surface area contributed by atoms with Crippen molar-refractivity contribution >= 4 is 34.5 Å². The van der Waals surface area contributed by atoms with Gasteiger partial charge in [0.05, 0.1) is 10.4 Å². The maximum absolute atomic E-state index is 12.9. The van der Waals surface area contributed by atoms with Gasteiger partial charge in [-0.05, 0) is 36.3 Å². The molecule has 0 aromatic carbocycles. The van der Waals surface area contributed by atoms with Gasteiger partial charge in [0.15, 0.2) is 0 Å². The Kier molecular flexibility index (Phi) is 3.35. The number of amides is 1. The average Bonchev–Trinajstić information content (AvgIpc) is 3.06. The Hall–Kier alpha value is -0.940. The molecule has 1 aliphatic heterocycles. The van der Waals surface area contributed by atoms with E-state index in [0.29, 0.717) is 4.99 Å². The zero-order valence-corrected chi connectivity index (χ0v) is 12.5. The minimum atomic E-state index is -0.553. The second kappa shape index (κ2) is 4.87. The van der Waals surface area contributed by atoms with Gasteiger partial charge >= 0.3 is 0 Å². The number of carbonyl (C=O) groups is 1. The van der Waals surface area contributed by atoms with Gasteiger partial charge in [0.1, 0.15) is 0 Å². The molecule has 2 N–H and O–H groups in total. The van der Waals surface area contributed by atoms with E-state index in [-0.39, 0.29) is 5.91 Å². The van der Waals surface area contributed by atoms with E-state index in [1.807, 2.05) is 4.90 Å². The second-order valence-corrected chi connectivity index (χ2v) is 6.94. The highest BCUT2D eigenvalue weighted by Gasteiger charge is 2.46. The number of nitrogens with zero attached hydrogens (tertiary/aromatic N) is 1. The molecule has 2 aliphatic rings. The van der Waals surface area contributed by atoms with Crippen LogP contribution in [0.1, 0.15) is 36.1 Å². The monoisotopic (exact) mass is 294 g/mol. The maximum Gasteiger partial charge on any atom is 0.235 e. The molecule has 5 heteroatoms. The molecule has 2 heterocycles. The quantitative estimate of drug-likeness (QED) is 0.852. The van der Waals surface area contributed by atoms with E-state index in [2.05, 4.69) is 11.4 Å². The molecule has 102 valence electrons. The predicted molar refractivity (Wildman–Crippen MR) is 81.1 cm³/mol. The smallest absolute Gasteiger partial charge is 0.235 e. The van der Waals surface area contributed by atoms with Crippen LogP contribution in [0.15, 0.2) is 11.4 Å². The molecular weight excluding hydrogens is 276 g/mol. The Morgan fingerprint density at radius 2 is 2.16 bits per heavy atom. The highest BCUT2D eigenvalue weighted by Crippen LogP contribution is 2.41. The van der Waals surface area contributed by atoms with Crippen LogP contribution in [0.2, 0.25) is 0 Å². The Morgan fingerprint density at radius 3 is 2.84 bits per heavy atom. The van der Waals surface area contributed by atoms with Crippen molar-refractivity contribution in [2.45, 2.75) is 38.6 Å². The number of nitrogens with two attached hydrogens (primary N) is 1. The number of thiophene rings is 1. The number of hydrogen-bond acceptors (Lipinski definition) is 3. The van der Waals surface area contributed by atoms with Gasteiger partial charge in [-0.3, -0.25) is 4.79 Å². The molecule has 1 saturated carbocycles. The Balaban J connectivity index is 1.83. The second-order valence-electron chi connectivity index (χ2n) is 5.50. The first-order chi connectivity index (χ1) is 9.13. The van der Waals surface area contributed by atoms with E-state index in [1.54, 1.807) is 11.3 Å². The van der Waals surface area contributed by atoms with Crippen LogP contribution >= 0.6 is 23.6 Å². The number of carbonyl (C=O) groups excluding carboxylic acids is 1. The molecule has 1 aromatic heterocycles. The molecule has 0 bridgehead atoms. The fraction of sp³-hybridized carbons (Fsp3) is 0.571. The topological polar surface area (TPSA) is 46.3 Å². The summed E-state index contributed by atoms with van der Waals surface area (Å²) < 4.78 is 0. The number of hydrogen-bond donors (Lipinski definition) is 1. The van der Waals surface area contributed by atoms with Crippen molar-refractivity contribution in [2.24, 2.45) is 11.1 Å². The maximum atomic E-state index is 12.9. The fourth-order valence-electron chi connectivity index (χ4n) is 3.27. The molecule has 3 rings (SSSR count). The van der Waals surface area contributed by atoms with Crippen molar-refractivity contribution < 1.29 is 4.79 Å². The van der Waals surface area contributed by atoms with Gasteiger partial charge < -0.3 is 10.6 Å². The van der Waals surface area contributed by atoms with Crippen LogP contribution in [0.4, 0.5) is 0 Å². The third kappa shape index (κ3) is 2.09. The normalized spacial score (nSPS) is 21.2. The summed E-state index contributed by atoms with van der Waals surface area (Å²) in [4.78, 5) is 16.6. The molecular formula is C14H18N2OS2. The molecule has 19 heavy (non-hydrogen) atoms. The Morgan fingerprint density at radius 1 is 1.42 bits per heavy atom. The van der Waals surface area contributed by atoms with Gasteiger partial charge in [-0.15, -0.1) is 11.3 Å². The summed E-state index contributed by atoms with van der Waals surface area (Å²) in [5.74, 6) is 0.161. The van der Waals surface area contributed by atoms with Crippen LogP contribution in [0, 0.1) is 5.41 Å². The fourth-order valence-corrected chi connectivity index (χ4v) is 4.45. The third-order valence-electron chi connectivity index (χ3n) is 4.43. The zero-order chi connectivity index (χ0) is 13.5. The van der Waals surface area contributed by atoms with Gasteiger partial charge in [-0.2, -0.15) is 0 Å². The standard InChI is InChI=1S/C14H18N2OS2/c15-12(18)14(5-1-2-6-14)13(17)16-7-3-11-10(9-16)4-8-19-11/h4,8H,1-3,5-7,9H2,(H2,15,18). The van der Waals surface area contributed by atoms with E-state index in [1.165, 1.54) is 10.4 Å². The first kappa shape index (κ1) is 13.1. The van der Waals surface area contributed by atoms with Crippen molar-refractivity contribution in [3.05, 3.63) is 21.9 Å². The van der Waals surface area contributed by atoms with Gasteiger partial charge in [0.2, 0.25) is 5.91 Å². The van der Waals surface area contributed by atoms with Crippen LogP contribution in [0.5, 0.6) is 0 Å². The lowest BCUT2D eigenvalue weighted by molar-refractivity contribution is -0.139. The summed E-state index contributed by atoms with van der Waals surface area (Å²) >= 11 is 6.99. The van der Waals surface area contributed by atoms with Crippen molar-refractivity contribution in [1.82, 2.24) is 4.90 Å². The largest absolute Gasteiger partial charge is 0.392 e. The molecule has 1 aliphatic carbocycles. The summed E-state index contributed by atoms with van der Waals surface area (Å²) in [6, 6.07) is 2.13. The minimum Gasteiger partial charge on any atom is -0.392 e.